The molecular formula is C15H15F3O5S. The van der Waals surface area contributed by atoms with Crippen molar-refractivity contribution in [2.45, 2.75) is 38.1 Å². The number of ether oxygens (including phenoxy) is 1. The minimum absolute atomic E-state index is 0.183. The second-order valence-electron chi connectivity index (χ2n) is 5.32. The number of rotatable bonds is 2. The van der Waals surface area contributed by atoms with E-state index in [-0.39, 0.29) is 12.2 Å². The van der Waals surface area contributed by atoms with Crippen LogP contribution < -0.4 is 8.92 Å². The fourth-order valence-electron chi connectivity index (χ4n) is 2.13. The van der Waals surface area contributed by atoms with Gasteiger partial charge in [0.25, 0.3) is 0 Å². The highest BCUT2D eigenvalue weighted by atomic mass is 32.2. The van der Waals surface area contributed by atoms with Crippen molar-refractivity contribution in [1.82, 2.24) is 0 Å². The standard InChI is InChI=1S/C15H15F3O5S/c1-10-3-2-4-11-9-12(23-24(20,21)15(16,17)18)6-7-13(11)22-14(19)8-5-10/h3,6-7,9H,2,4-5,8H2,1H3. The van der Waals surface area contributed by atoms with Crippen LogP contribution >= 0.6 is 0 Å². The number of fused-ring (bicyclic) bond motifs is 1. The van der Waals surface area contributed by atoms with E-state index in [1.165, 1.54) is 6.07 Å². The van der Waals surface area contributed by atoms with Crippen LogP contribution in [0.25, 0.3) is 0 Å². The van der Waals surface area contributed by atoms with Crippen LogP contribution in [0.1, 0.15) is 31.7 Å². The SMILES string of the molecule is CC1=CCCc2cc(OS(=O)(=O)C(F)(F)F)ccc2OC(=O)CC1. The molecule has 0 amide bonds. The molecule has 0 aliphatic carbocycles. The summed E-state index contributed by atoms with van der Waals surface area (Å²) < 4.78 is 68.6. The maximum Gasteiger partial charge on any atom is 0.534 e. The first-order valence-corrected chi connectivity index (χ1v) is 8.49. The highest BCUT2D eigenvalue weighted by molar-refractivity contribution is 7.88. The number of allylic oxidation sites excluding steroid dienone is 2. The lowest BCUT2D eigenvalue weighted by Gasteiger charge is -2.14. The van der Waals surface area contributed by atoms with E-state index in [9.17, 15) is 26.4 Å². The Labute approximate surface area is 137 Å². The van der Waals surface area contributed by atoms with Gasteiger partial charge in [0.05, 0.1) is 0 Å². The molecule has 1 aliphatic heterocycles. The van der Waals surface area contributed by atoms with Gasteiger partial charge in [0.1, 0.15) is 11.5 Å². The molecule has 5 nitrogen and oxygen atoms in total. The van der Waals surface area contributed by atoms with Crippen LogP contribution in [0.3, 0.4) is 0 Å². The number of carbonyl (C=O) groups is 1. The van der Waals surface area contributed by atoms with Gasteiger partial charge in [-0.3, -0.25) is 4.79 Å². The van der Waals surface area contributed by atoms with E-state index < -0.39 is 27.3 Å². The van der Waals surface area contributed by atoms with Crippen molar-refractivity contribution in [2.75, 3.05) is 0 Å². The first kappa shape index (κ1) is 18.3. The van der Waals surface area contributed by atoms with Crippen molar-refractivity contribution in [3.8, 4) is 11.5 Å². The number of hydrogen-bond acceptors (Lipinski definition) is 5. The normalized spacial score (nSPS) is 16.7. The van der Waals surface area contributed by atoms with Crippen molar-refractivity contribution < 1.29 is 35.3 Å². The van der Waals surface area contributed by atoms with Crippen molar-refractivity contribution >= 4 is 16.1 Å². The first-order chi connectivity index (χ1) is 11.1. The maximum atomic E-state index is 12.4. The summed E-state index contributed by atoms with van der Waals surface area (Å²) in [6, 6.07) is 3.38. The van der Waals surface area contributed by atoms with Gasteiger partial charge in [0.2, 0.25) is 0 Å². The second kappa shape index (κ2) is 6.84. The Bertz CT molecular complexity index is 766. The van der Waals surface area contributed by atoms with E-state index in [0.717, 1.165) is 17.7 Å². The molecule has 0 spiro atoms. The summed E-state index contributed by atoms with van der Waals surface area (Å²) in [6.07, 6.45) is 3.61. The average Bonchev–Trinajstić information content (AvgIpc) is 2.46. The smallest absolute Gasteiger partial charge is 0.426 e. The van der Waals surface area contributed by atoms with Crippen LogP contribution in [0.5, 0.6) is 11.5 Å². The third kappa shape index (κ3) is 4.50. The zero-order valence-electron chi connectivity index (χ0n) is 12.7. The van der Waals surface area contributed by atoms with E-state index in [1.807, 2.05) is 13.0 Å². The molecule has 0 fully saturated rings. The number of esters is 1. The maximum absolute atomic E-state index is 12.4. The van der Waals surface area contributed by atoms with Crippen LogP contribution in [-0.4, -0.2) is 19.9 Å². The monoisotopic (exact) mass is 364 g/mol. The molecule has 0 saturated carbocycles. The third-order valence-corrected chi connectivity index (χ3v) is 4.35. The molecule has 24 heavy (non-hydrogen) atoms. The Balaban J connectivity index is 2.31. The fraction of sp³-hybridized carbons (Fsp3) is 0.400. The van der Waals surface area contributed by atoms with Crippen molar-refractivity contribution in [3.05, 3.63) is 35.4 Å². The van der Waals surface area contributed by atoms with Gasteiger partial charge in [-0.1, -0.05) is 11.6 Å². The van der Waals surface area contributed by atoms with E-state index in [1.54, 1.807) is 0 Å². The number of hydrogen-bond donors (Lipinski definition) is 0. The topological polar surface area (TPSA) is 69.7 Å². The number of alkyl halides is 3. The van der Waals surface area contributed by atoms with Crippen LogP contribution in [-0.2, 0) is 21.3 Å². The number of halogens is 3. The van der Waals surface area contributed by atoms with E-state index in [0.29, 0.717) is 24.8 Å². The summed E-state index contributed by atoms with van der Waals surface area (Å²) in [5, 5.41) is 0. The fourth-order valence-corrected chi connectivity index (χ4v) is 2.58. The lowest BCUT2D eigenvalue weighted by atomic mass is 10.0. The Morgan fingerprint density at radius 2 is 1.88 bits per heavy atom. The summed E-state index contributed by atoms with van der Waals surface area (Å²) in [5.74, 6) is -0.771. The molecule has 0 bridgehead atoms. The van der Waals surface area contributed by atoms with Gasteiger partial charge >= 0.3 is 21.6 Å². The number of carbonyl (C=O) groups excluding carboxylic acids is 1. The lowest BCUT2D eigenvalue weighted by molar-refractivity contribution is -0.134. The molecule has 0 saturated heterocycles. The van der Waals surface area contributed by atoms with Crippen LogP contribution in [0, 0.1) is 0 Å². The largest absolute Gasteiger partial charge is 0.534 e. The Morgan fingerprint density at radius 1 is 1.17 bits per heavy atom. The highest BCUT2D eigenvalue weighted by Gasteiger charge is 2.48. The molecule has 1 aromatic rings. The summed E-state index contributed by atoms with van der Waals surface area (Å²) in [6.45, 7) is 1.87. The van der Waals surface area contributed by atoms with Crippen molar-refractivity contribution in [3.63, 3.8) is 0 Å². The second-order valence-corrected chi connectivity index (χ2v) is 6.85. The van der Waals surface area contributed by atoms with E-state index in [4.69, 9.17) is 4.74 Å². The van der Waals surface area contributed by atoms with Gasteiger partial charge in [0, 0.05) is 6.42 Å². The highest BCUT2D eigenvalue weighted by Crippen LogP contribution is 2.31. The summed E-state index contributed by atoms with van der Waals surface area (Å²) in [4.78, 5) is 11.7. The molecule has 0 radical (unpaired) electrons. The van der Waals surface area contributed by atoms with Crippen LogP contribution in [0.15, 0.2) is 29.8 Å². The van der Waals surface area contributed by atoms with Crippen LogP contribution in [0.4, 0.5) is 13.2 Å². The Morgan fingerprint density at radius 3 is 2.54 bits per heavy atom. The zero-order valence-corrected chi connectivity index (χ0v) is 13.5. The summed E-state index contributed by atoms with van der Waals surface area (Å²) >= 11 is 0. The zero-order chi connectivity index (χ0) is 18.0. The molecule has 1 aromatic carbocycles. The van der Waals surface area contributed by atoms with Gasteiger partial charge in [-0.2, -0.15) is 21.6 Å². The minimum atomic E-state index is -5.75. The lowest BCUT2D eigenvalue weighted by Crippen LogP contribution is -2.28. The van der Waals surface area contributed by atoms with Crippen LogP contribution in [0.2, 0.25) is 0 Å². The van der Waals surface area contributed by atoms with Gasteiger partial charge in [-0.05, 0) is 49.9 Å². The predicted octanol–water partition coefficient (Wildman–Crippen LogP) is 3.49. The molecule has 0 N–H and O–H groups in total. The molecule has 9 heteroatoms. The molecule has 1 heterocycles. The van der Waals surface area contributed by atoms with E-state index in [2.05, 4.69) is 4.18 Å². The van der Waals surface area contributed by atoms with Gasteiger partial charge < -0.3 is 8.92 Å². The van der Waals surface area contributed by atoms with Crippen molar-refractivity contribution in [2.24, 2.45) is 0 Å². The molecule has 0 atom stereocenters. The summed E-state index contributed by atoms with van der Waals surface area (Å²) in [7, 11) is -5.75. The number of benzene rings is 1. The number of aryl methyl sites for hydroxylation is 1. The average molecular weight is 364 g/mol. The first-order valence-electron chi connectivity index (χ1n) is 7.08. The molecule has 0 unspecified atom stereocenters. The molecule has 1 aliphatic rings. The quantitative estimate of drug-likeness (QED) is 0.264. The molecule has 0 aromatic heterocycles. The Kier molecular flexibility index (Phi) is 5.22. The van der Waals surface area contributed by atoms with E-state index >= 15 is 0 Å². The third-order valence-electron chi connectivity index (χ3n) is 3.38. The van der Waals surface area contributed by atoms with Crippen molar-refractivity contribution in [1.29, 1.82) is 0 Å². The molecular weight excluding hydrogens is 349 g/mol. The van der Waals surface area contributed by atoms with Gasteiger partial charge in [-0.15, -0.1) is 0 Å². The predicted molar refractivity (Wildman–Crippen MR) is 79.0 cm³/mol. The van der Waals surface area contributed by atoms with Gasteiger partial charge in [0.15, 0.2) is 0 Å². The molecule has 132 valence electrons. The van der Waals surface area contributed by atoms with Gasteiger partial charge in [-0.25, -0.2) is 0 Å². The Hall–Kier alpha value is -2.03. The summed E-state index contributed by atoms with van der Waals surface area (Å²) in [5.41, 5.74) is -4.12. The molecule has 2 rings (SSSR count). The minimum Gasteiger partial charge on any atom is -0.426 e.